The molecule has 1 unspecified atom stereocenters. The lowest BCUT2D eigenvalue weighted by molar-refractivity contribution is 0.0879. The quantitative estimate of drug-likeness (QED) is 0.0902. The van der Waals surface area contributed by atoms with Crippen LogP contribution in [0.1, 0.15) is 123 Å². The number of ether oxygens (including phenoxy) is 1. The van der Waals surface area contributed by atoms with Crippen LogP contribution < -0.4 is 0 Å². The third-order valence-electron chi connectivity index (χ3n) is 7.94. The van der Waals surface area contributed by atoms with Gasteiger partial charge in [0.1, 0.15) is 0 Å². The van der Waals surface area contributed by atoms with E-state index in [-0.39, 0.29) is 0 Å². The Morgan fingerprint density at radius 3 is 1.72 bits per heavy atom. The lowest BCUT2D eigenvalue weighted by atomic mass is 9.95. The highest BCUT2D eigenvalue weighted by molar-refractivity contribution is 7.63. The molecule has 2 bridgehead atoms. The summed E-state index contributed by atoms with van der Waals surface area (Å²) in [7, 11) is -1.96. The highest BCUT2D eigenvalue weighted by Gasteiger charge is 2.35. The molecule has 2 rings (SSSR count). The third kappa shape index (κ3) is 11.9. The van der Waals surface area contributed by atoms with E-state index in [1.807, 2.05) is 0 Å². The number of hydrogen-bond acceptors (Lipinski definition) is 2. The first-order valence-corrected chi connectivity index (χ1v) is 16.8. The van der Waals surface area contributed by atoms with Crippen LogP contribution in [0.25, 0.3) is 0 Å². The molecule has 2 aliphatic carbocycles. The van der Waals surface area contributed by atoms with Crippen LogP contribution >= 0.6 is 7.14 Å². The Kier molecular flexibility index (Phi) is 15.3. The minimum absolute atomic E-state index is 0.778. The minimum Gasteiger partial charge on any atom is -0.381 e. The summed E-state index contributed by atoms with van der Waals surface area (Å²) in [5.74, 6) is 2.43. The molecule has 1 fully saturated rings. The number of allylic oxidation sites excluding steroid dienone is 2. The Balaban J connectivity index is 1.55. The molecule has 188 valence electrons. The van der Waals surface area contributed by atoms with Gasteiger partial charge in [0.25, 0.3) is 0 Å². The summed E-state index contributed by atoms with van der Waals surface area (Å²) in [6.45, 7) is 6.40. The van der Waals surface area contributed by atoms with Gasteiger partial charge in [-0.2, -0.15) is 0 Å². The smallest absolute Gasteiger partial charge is 0.0877 e. The van der Waals surface area contributed by atoms with Crippen LogP contribution in [0.2, 0.25) is 0 Å². The van der Waals surface area contributed by atoms with E-state index in [9.17, 15) is 4.57 Å². The first-order chi connectivity index (χ1) is 15.7. The normalized spacial score (nSPS) is 22.2. The van der Waals surface area contributed by atoms with Gasteiger partial charge in [0.2, 0.25) is 0 Å². The molecular formula is C29H55O2P. The summed E-state index contributed by atoms with van der Waals surface area (Å²) in [4.78, 5) is 0. The first-order valence-electron chi connectivity index (χ1n) is 14.5. The molecule has 1 saturated carbocycles. The molecule has 0 aliphatic heterocycles. The summed E-state index contributed by atoms with van der Waals surface area (Å²) < 4.78 is 19.7. The maximum absolute atomic E-state index is 13.7. The molecule has 0 amide bonds. The van der Waals surface area contributed by atoms with Crippen molar-refractivity contribution in [2.75, 3.05) is 31.7 Å². The summed E-state index contributed by atoms with van der Waals surface area (Å²) >= 11 is 0. The zero-order chi connectivity index (χ0) is 22.9. The molecule has 0 aromatic carbocycles. The Morgan fingerprint density at radius 1 is 0.688 bits per heavy atom. The molecule has 3 heteroatoms. The zero-order valence-electron chi connectivity index (χ0n) is 21.7. The predicted molar refractivity (Wildman–Crippen MR) is 142 cm³/mol. The van der Waals surface area contributed by atoms with E-state index in [0.29, 0.717) is 0 Å². The second-order valence-corrected chi connectivity index (χ2v) is 14.4. The van der Waals surface area contributed by atoms with Gasteiger partial charge in [-0.3, -0.25) is 0 Å². The Hall–Kier alpha value is -0.0700. The SMILES string of the molecule is CCCCCCCCP(=O)(CCCCCCCC)CCCCCOCC1C[C@H]2C=C[C@@H]1C2. The van der Waals surface area contributed by atoms with Gasteiger partial charge in [-0.15, -0.1) is 0 Å². The van der Waals surface area contributed by atoms with Crippen LogP contribution in [0, 0.1) is 17.8 Å². The van der Waals surface area contributed by atoms with Gasteiger partial charge in [0, 0.05) is 31.7 Å². The van der Waals surface area contributed by atoms with Gasteiger partial charge in [0.05, 0.1) is 7.14 Å². The van der Waals surface area contributed by atoms with Crippen LogP contribution in [-0.2, 0) is 9.30 Å². The molecule has 32 heavy (non-hydrogen) atoms. The van der Waals surface area contributed by atoms with Crippen LogP contribution in [0.15, 0.2) is 12.2 Å². The van der Waals surface area contributed by atoms with E-state index in [1.165, 1.54) is 96.3 Å². The number of hydrogen-bond donors (Lipinski definition) is 0. The highest BCUT2D eigenvalue weighted by Crippen LogP contribution is 2.48. The van der Waals surface area contributed by atoms with Gasteiger partial charge in [-0.05, 0) is 56.3 Å². The van der Waals surface area contributed by atoms with Crippen LogP contribution in [0.4, 0.5) is 0 Å². The van der Waals surface area contributed by atoms with Gasteiger partial charge >= 0.3 is 0 Å². The fraction of sp³-hybridized carbons (Fsp3) is 0.931. The van der Waals surface area contributed by atoms with Crippen LogP contribution in [0.5, 0.6) is 0 Å². The standard InChI is InChI=1S/C29H55O2P/c1-3-5-7-9-11-15-21-32(30,22-16-12-10-8-6-4-2)23-17-13-14-20-31-26-29-25-27-18-19-28(29)24-27/h18-19,27-29H,3-17,20-26H2,1-2H3/t27-,28+,29?/m0/s1. The fourth-order valence-corrected chi connectivity index (χ4v) is 8.87. The van der Waals surface area contributed by atoms with E-state index in [0.717, 1.165) is 62.3 Å². The lowest BCUT2D eigenvalue weighted by Gasteiger charge is -2.19. The largest absolute Gasteiger partial charge is 0.381 e. The number of fused-ring (bicyclic) bond motifs is 2. The van der Waals surface area contributed by atoms with E-state index in [4.69, 9.17) is 4.74 Å². The van der Waals surface area contributed by atoms with Gasteiger partial charge < -0.3 is 9.30 Å². The minimum atomic E-state index is -1.96. The molecule has 0 spiro atoms. The van der Waals surface area contributed by atoms with Crippen molar-refractivity contribution < 1.29 is 9.30 Å². The molecule has 0 heterocycles. The average molecular weight is 467 g/mol. The van der Waals surface area contributed by atoms with E-state index >= 15 is 0 Å². The summed E-state index contributed by atoms with van der Waals surface area (Å²) in [5, 5.41) is 0. The van der Waals surface area contributed by atoms with E-state index in [1.54, 1.807) is 0 Å². The average Bonchev–Trinajstić information content (AvgIpc) is 3.41. The second-order valence-electron chi connectivity index (χ2n) is 10.9. The van der Waals surface area contributed by atoms with Crippen LogP contribution in [-0.4, -0.2) is 31.7 Å². The number of rotatable bonds is 22. The van der Waals surface area contributed by atoms with Crippen molar-refractivity contribution in [3.63, 3.8) is 0 Å². The molecule has 2 nitrogen and oxygen atoms in total. The molecule has 0 aromatic rings. The molecule has 0 radical (unpaired) electrons. The molecule has 0 saturated heterocycles. The fourth-order valence-electron chi connectivity index (χ4n) is 5.80. The van der Waals surface area contributed by atoms with Crippen molar-refractivity contribution in [1.82, 2.24) is 0 Å². The van der Waals surface area contributed by atoms with E-state index < -0.39 is 7.14 Å². The Labute approximate surface area is 201 Å². The van der Waals surface area contributed by atoms with Crippen molar-refractivity contribution in [2.24, 2.45) is 17.8 Å². The van der Waals surface area contributed by atoms with Crippen molar-refractivity contribution in [3.8, 4) is 0 Å². The van der Waals surface area contributed by atoms with Crippen LogP contribution in [0.3, 0.4) is 0 Å². The lowest BCUT2D eigenvalue weighted by Crippen LogP contribution is -2.14. The summed E-state index contributed by atoms with van der Waals surface area (Å²) in [6, 6.07) is 0. The van der Waals surface area contributed by atoms with E-state index in [2.05, 4.69) is 26.0 Å². The van der Waals surface area contributed by atoms with Gasteiger partial charge in [-0.25, -0.2) is 0 Å². The molecule has 3 atom stereocenters. The van der Waals surface area contributed by atoms with Crippen molar-refractivity contribution >= 4 is 7.14 Å². The van der Waals surface area contributed by atoms with Crippen molar-refractivity contribution in [2.45, 2.75) is 123 Å². The first kappa shape index (κ1) is 28.2. The second kappa shape index (κ2) is 17.4. The highest BCUT2D eigenvalue weighted by atomic mass is 31.2. The molecule has 0 aromatic heterocycles. The van der Waals surface area contributed by atoms with Crippen molar-refractivity contribution in [1.29, 1.82) is 0 Å². The number of unbranched alkanes of at least 4 members (excludes halogenated alkanes) is 12. The molecular weight excluding hydrogens is 411 g/mol. The monoisotopic (exact) mass is 466 g/mol. The van der Waals surface area contributed by atoms with Gasteiger partial charge in [-0.1, -0.05) is 96.6 Å². The summed E-state index contributed by atoms with van der Waals surface area (Å²) in [6.07, 6.45) is 29.7. The Morgan fingerprint density at radius 2 is 1.22 bits per heavy atom. The Bertz CT molecular complexity index is 509. The summed E-state index contributed by atoms with van der Waals surface area (Å²) in [5.41, 5.74) is 0. The zero-order valence-corrected chi connectivity index (χ0v) is 22.6. The maximum Gasteiger partial charge on any atom is 0.0877 e. The maximum atomic E-state index is 13.7. The van der Waals surface area contributed by atoms with Crippen molar-refractivity contribution in [3.05, 3.63) is 12.2 Å². The topological polar surface area (TPSA) is 26.3 Å². The molecule has 0 N–H and O–H groups in total. The molecule has 2 aliphatic rings. The van der Waals surface area contributed by atoms with Gasteiger partial charge in [0.15, 0.2) is 0 Å². The third-order valence-corrected chi connectivity index (χ3v) is 11.3. The predicted octanol–water partition coefficient (Wildman–Crippen LogP) is 9.47.